The molecule has 1 saturated heterocycles. The molecule has 0 bridgehead atoms. The lowest BCUT2D eigenvalue weighted by Crippen LogP contribution is -2.33. The highest BCUT2D eigenvalue weighted by atomic mass is 32.2. The summed E-state index contributed by atoms with van der Waals surface area (Å²) in [6, 6.07) is 16.0. The highest BCUT2D eigenvalue weighted by Crippen LogP contribution is 2.28. The standard InChI is InChI=1S/C22H23FN4OS/c23-18-12-10-17(11-13-18)21-24-25-22(27(21)19-8-4-3-5-9-19)29-16-20(28)26-14-6-1-2-7-15-26/h3-5,8-13H,1-2,6-7,14-16H2. The minimum atomic E-state index is -0.294. The fraction of sp³-hybridized carbons (Fsp3) is 0.318. The molecule has 0 unspecified atom stereocenters. The number of nitrogens with zero attached hydrogens (tertiary/aromatic N) is 4. The Morgan fingerprint density at radius 1 is 0.931 bits per heavy atom. The average Bonchev–Trinajstić information content (AvgIpc) is 2.98. The van der Waals surface area contributed by atoms with Crippen molar-refractivity contribution in [3.63, 3.8) is 0 Å². The maximum absolute atomic E-state index is 13.4. The van der Waals surface area contributed by atoms with Crippen molar-refractivity contribution in [1.82, 2.24) is 19.7 Å². The van der Waals surface area contributed by atoms with Gasteiger partial charge in [-0.05, 0) is 49.2 Å². The molecule has 0 spiro atoms. The van der Waals surface area contributed by atoms with Crippen LogP contribution in [0.1, 0.15) is 25.7 Å². The largest absolute Gasteiger partial charge is 0.342 e. The number of carbonyl (C=O) groups is 1. The van der Waals surface area contributed by atoms with Gasteiger partial charge in [-0.2, -0.15) is 0 Å². The molecule has 0 N–H and O–H groups in total. The Morgan fingerprint density at radius 3 is 2.31 bits per heavy atom. The molecule has 150 valence electrons. The first-order valence-corrected chi connectivity index (χ1v) is 10.9. The van der Waals surface area contributed by atoms with Crippen molar-refractivity contribution < 1.29 is 9.18 Å². The summed E-state index contributed by atoms with van der Waals surface area (Å²) in [5, 5.41) is 9.33. The molecule has 1 aliphatic heterocycles. The molecule has 5 nitrogen and oxygen atoms in total. The number of hydrogen-bond acceptors (Lipinski definition) is 4. The molecule has 3 aromatic rings. The molecule has 7 heteroatoms. The summed E-state index contributed by atoms with van der Waals surface area (Å²) >= 11 is 1.39. The van der Waals surface area contributed by atoms with E-state index < -0.39 is 0 Å². The first-order chi connectivity index (χ1) is 14.2. The highest BCUT2D eigenvalue weighted by molar-refractivity contribution is 7.99. The van der Waals surface area contributed by atoms with Gasteiger partial charge in [-0.3, -0.25) is 9.36 Å². The predicted octanol–water partition coefficient (Wildman–Crippen LogP) is 4.57. The number of carbonyl (C=O) groups excluding carboxylic acids is 1. The van der Waals surface area contributed by atoms with Crippen LogP contribution in [-0.2, 0) is 4.79 Å². The number of thioether (sulfide) groups is 1. The second-order valence-electron chi connectivity index (χ2n) is 7.07. The molecular formula is C22H23FN4OS. The van der Waals surface area contributed by atoms with E-state index in [1.54, 1.807) is 12.1 Å². The summed E-state index contributed by atoms with van der Waals surface area (Å²) in [6.07, 6.45) is 4.54. The minimum absolute atomic E-state index is 0.142. The third-order valence-corrected chi connectivity index (χ3v) is 5.95. The Hall–Kier alpha value is -2.67. The predicted molar refractivity (Wildman–Crippen MR) is 113 cm³/mol. The molecule has 0 aliphatic carbocycles. The first kappa shape index (κ1) is 19.6. The fourth-order valence-corrected chi connectivity index (χ4v) is 4.35. The van der Waals surface area contributed by atoms with Crippen LogP contribution in [0.25, 0.3) is 17.1 Å². The molecule has 29 heavy (non-hydrogen) atoms. The topological polar surface area (TPSA) is 51.0 Å². The number of amides is 1. The van der Waals surface area contributed by atoms with Gasteiger partial charge in [-0.1, -0.05) is 42.8 Å². The summed E-state index contributed by atoms with van der Waals surface area (Å²) in [5.41, 5.74) is 1.68. The van der Waals surface area contributed by atoms with Crippen LogP contribution in [0.2, 0.25) is 0 Å². The van der Waals surface area contributed by atoms with E-state index in [1.807, 2.05) is 39.8 Å². The number of rotatable bonds is 5. The van der Waals surface area contributed by atoms with E-state index in [9.17, 15) is 9.18 Å². The third kappa shape index (κ3) is 4.67. The Labute approximate surface area is 173 Å². The van der Waals surface area contributed by atoms with Gasteiger partial charge in [0.2, 0.25) is 5.91 Å². The van der Waals surface area contributed by atoms with Gasteiger partial charge in [0.1, 0.15) is 5.82 Å². The van der Waals surface area contributed by atoms with Crippen LogP contribution in [0.4, 0.5) is 4.39 Å². The van der Waals surface area contributed by atoms with Gasteiger partial charge in [0, 0.05) is 24.3 Å². The first-order valence-electron chi connectivity index (χ1n) is 9.90. The highest BCUT2D eigenvalue weighted by Gasteiger charge is 2.20. The van der Waals surface area contributed by atoms with Crippen molar-refractivity contribution in [3.8, 4) is 17.1 Å². The van der Waals surface area contributed by atoms with E-state index in [0.717, 1.165) is 37.2 Å². The van der Waals surface area contributed by atoms with Crippen LogP contribution in [0.15, 0.2) is 59.8 Å². The van der Waals surface area contributed by atoms with Gasteiger partial charge < -0.3 is 4.90 Å². The molecule has 0 radical (unpaired) electrons. The molecule has 4 rings (SSSR count). The lowest BCUT2D eigenvalue weighted by Gasteiger charge is -2.20. The zero-order chi connectivity index (χ0) is 20.1. The third-order valence-electron chi connectivity index (χ3n) is 5.03. The molecule has 1 amide bonds. The van der Waals surface area contributed by atoms with E-state index in [1.165, 1.54) is 36.7 Å². The Bertz CT molecular complexity index is 951. The van der Waals surface area contributed by atoms with Crippen molar-refractivity contribution in [2.75, 3.05) is 18.8 Å². The quantitative estimate of drug-likeness (QED) is 0.578. The zero-order valence-corrected chi connectivity index (χ0v) is 16.9. The Kier molecular flexibility index (Phi) is 6.24. The van der Waals surface area contributed by atoms with Crippen molar-refractivity contribution in [3.05, 3.63) is 60.4 Å². The van der Waals surface area contributed by atoms with Crippen molar-refractivity contribution in [2.24, 2.45) is 0 Å². The van der Waals surface area contributed by atoms with Gasteiger partial charge in [0.05, 0.1) is 5.75 Å². The minimum Gasteiger partial charge on any atom is -0.342 e. The van der Waals surface area contributed by atoms with Crippen LogP contribution in [-0.4, -0.2) is 44.4 Å². The lowest BCUT2D eigenvalue weighted by atomic mass is 10.2. The number of halogens is 1. The maximum Gasteiger partial charge on any atom is 0.233 e. The van der Waals surface area contributed by atoms with Crippen molar-refractivity contribution in [2.45, 2.75) is 30.8 Å². The molecule has 1 aliphatic rings. The number of benzene rings is 2. The summed E-state index contributed by atoms with van der Waals surface area (Å²) in [7, 11) is 0. The average molecular weight is 411 g/mol. The fourth-order valence-electron chi connectivity index (χ4n) is 3.50. The summed E-state index contributed by atoms with van der Waals surface area (Å²) in [6.45, 7) is 1.68. The van der Waals surface area contributed by atoms with Gasteiger partial charge >= 0.3 is 0 Å². The van der Waals surface area contributed by atoms with Crippen molar-refractivity contribution in [1.29, 1.82) is 0 Å². The summed E-state index contributed by atoms with van der Waals surface area (Å²) in [4.78, 5) is 14.7. The molecule has 2 aromatic carbocycles. The normalized spacial score (nSPS) is 14.6. The van der Waals surface area contributed by atoms with Gasteiger partial charge in [-0.25, -0.2) is 4.39 Å². The number of hydrogen-bond donors (Lipinski definition) is 0. The Balaban J connectivity index is 1.59. The van der Waals surface area contributed by atoms with Crippen LogP contribution >= 0.6 is 11.8 Å². The second-order valence-corrected chi connectivity index (χ2v) is 8.01. The van der Waals surface area contributed by atoms with E-state index >= 15 is 0 Å². The van der Waals surface area contributed by atoms with Crippen LogP contribution in [0.3, 0.4) is 0 Å². The molecule has 1 fully saturated rings. The van der Waals surface area contributed by atoms with Gasteiger partial charge in [0.15, 0.2) is 11.0 Å². The van der Waals surface area contributed by atoms with E-state index in [2.05, 4.69) is 10.2 Å². The molecule has 0 atom stereocenters. The number of para-hydroxylation sites is 1. The van der Waals surface area contributed by atoms with Crippen LogP contribution in [0.5, 0.6) is 0 Å². The summed E-state index contributed by atoms with van der Waals surface area (Å²) < 4.78 is 15.3. The van der Waals surface area contributed by atoms with E-state index in [4.69, 9.17) is 0 Å². The summed E-state index contributed by atoms with van der Waals surface area (Å²) in [5.74, 6) is 0.801. The lowest BCUT2D eigenvalue weighted by molar-refractivity contribution is -0.128. The van der Waals surface area contributed by atoms with E-state index in [0.29, 0.717) is 16.7 Å². The van der Waals surface area contributed by atoms with Crippen molar-refractivity contribution >= 4 is 17.7 Å². The smallest absolute Gasteiger partial charge is 0.233 e. The zero-order valence-electron chi connectivity index (χ0n) is 16.1. The van der Waals surface area contributed by atoms with Gasteiger partial charge in [-0.15, -0.1) is 10.2 Å². The molecule has 1 aromatic heterocycles. The molecular weight excluding hydrogens is 387 g/mol. The number of likely N-dealkylation sites (tertiary alicyclic amines) is 1. The van der Waals surface area contributed by atoms with E-state index in [-0.39, 0.29) is 11.7 Å². The maximum atomic E-state index is 13.4. The van der Waals surface area contributed by atoms with Crippen LogP contribution < -0.4 is 0 Å². The van der Waals surface area contributed by atoms with Crippen LogP contribution in [0, 0.1) is 5.82 Å². The number of aromatic nitrogens is 3. The second kappa shape index (κ2) is 9.22. The SMILES string of the molecule is O=C(CSc1nnc(-c2ccc(F)cc2)n1-c1ccccc1)N1CCCCCC1. The monoisotopic (exact) mass is 410 g/mol. The molecule has 0 saturated carbocycles. The molecule has 2 heterocycles. The van der Waals surface area contributed by atoms with Gasteiger partial charge in [0.25, 0.3) is 0 Å². The Morgan fingerprint density at radius 2 is 1.62 bits per heavy atom.